The SMILES string of the molecule is O=C(O)c1ccccc1O.[CH2-]c1ccccc1.[CH2-]c1ccccc1.[Zn+2]. The summed E-state index contributed by atoms with van der Waals surface area (Å²) in [5.74, 6) is -1.31. The van der Waals surface area contributed by atoms with Gasteiger partial charge in [0.2, 0.25) is 0 Å². The molecule has 3 aromatic carbocycles. The van der Waals surface area contributed by atoms with E-state index in [-0.39, 0.29) is 30.8 Å². The number of para-hydroxylation sites is 1. The van der Waals surface area contributed by atoms with Gasteiger partial charge in [-0.1, -0.05) is 24.3 Å². The summed E-state index contributed by atoms with van der Waals surface area (Å²) in [6, 6.07) is 25.6. The average molecular weight is 386 g/mol. The molecule has 0 saturated carbocycles. The number of carbonyl (C=O) groups is 1. The maximum Gasteiger partial charge on any atom is 2.00 e. The summed E-state index contributed by atoms with van der Waals surface area (Å²) in [6.45, 7) is 7.44. The molecule has 0 aliphatic carbocycles. The van der Waals surface area contributed by atoms with E-state index in [1.54, 1.807) is 12.1 Å². The fourth-order valence-corrected chi connectivity index (χ4v) is 1.61. The first-order valence-electron chi connectivity index (χ1n) is 7.26. The standard InChI is InChI=1S/C7H6O3.2C7H7.Zn/c8-6-4-2-1-3-5(6)7(9)10;2*1-7-5-3-2-4-6-7;/h1-4,8H,(H,9,10);2*2-6H,1H2;/q;2*-1;+2. The Hall–Kier alpha value is -2.71. The van der Waals surface area contributed by atoms with Crippen molar-refractivity contribution in [2.45, 2.75) is 0 Å². The average Bonchev–Trinajstić information content (AvgIpc) is 2.57. The van der Waals surface area contributed by atoms with Crippen molar-refractivity contribution in [2.75, 3.05) is 0 Å². The van der Waals surface area contributed by atoms with Gasteiger partial charge in [-0.3, -0.25) is 0 Å². The summed E-state index contributed by atoms with van der Waals surface area (Å²) in [5, 5.41) is 17.3. The molecular weight excluding hydrogens is 366 g/mol. The Kier molecular flexibility index (Phi) is 11.3. The summed E-state index contributed by atoms with van der Waals surface area (Å²) >= 11 is 0. The second kappa shape index (κ2) is 12.7. The van der Waals surface area contributed by atoms with Gasteiger partial charge in [0.15, 0.2) is 0 Å². The summed E-state index contributed by atoms with van der Waals surface area (Å²) in [4.78, 5) is 10.3. The minimum atomic E-state index is -1.11. The van der Waals surface area contributed by atoms with E-state index >= 15 is 0 Å². The van der Waals surface area contributed by atoms with Crippen molar-refractivity contribution in [1.29, 1.82) is 0 Å². The maximum atomic E-state index is 10.3. The van der Waals surface area contributed by atoms with Crippen LogP contribution >= 0.6 is 0 Å². The summed E-state index contributed by atoms with van der Waals surface area (Å²) in [5.41, 5.74) is 2.08. The Bertz CT molecular complexity index is 691. The molecule has 0 fully saturated rings. The molecule has 2 N–H and O–H groups in total. The molecule has 0 unspecified atom stereocenters. The van der Waals surface area contributed by atoms with E-state index in [9.17, 15) is 4.79 Å². The maximum absolute atomic E-state index is 10.3. The van der Waals surface area contributed by atoms with Crippen molar-refractivity contribution in [3.8, 4) is 5.75 Å². The fraction of sp³-hybridized carbons (Fsp3) is 0. The number of rotatable bonds is 1. The van der Waals surface area contributed by atoms with Crippen molar-refractivity contribution < 1.29 is 34.5 Å². The number of carboxylic acids is 1. The minimum absolute atomic E-state index is 0. The zero-order chi connectivity index (χ0) is 17.8. The first-order valence-corrected chi connectivity index (χ1v) is 7.26. The van der Waals surface area contributed by atoms with E-state index in [1.807, 2.05) is 60.7 Å². The van der Waals surface area contributed by atoms with Crippen LogP contribution in [-0.4, -0.2) is 16.2 Å². The van der Waals surface area contributed by atoms with Crippen molar-refractivity contribution >= 4 is 5.97 Å². The van der Waals surface area contributed by atoms with Crippen LogP contribution in [-0.2, 0) is 19.5 Å². The first-order chi connectivity index (χ1) is 11.5. The van der Waals surface area contributed by atoms with Crippen LogP contribution in [0.15, 0.2) is 84.9 Å². The third-order valence-electron chi connectivity index (χ3n) is 2.82. The molecule has 0 aliphatic heterocycles. The van der Waals surface area contributed by atoms with E-state index in [0.717, 1.165) is 11.1 Å². The van der Waals surface area contributed by atoms with E-state index in [1.165, 1.54) is 12.1 Å². The molecule has 0 radical (unpaired) electrons. The van der Waals surface area contributed by atoms with E-state index < -0.39 is 5.97 Å². The molecule has 0 amide bonds. The Morgan fingerprint density at radius 1 is 0.680 bits per heavy atom. The van der Waals surface area contributed by atoms with Crippen molar-refractivity contribution in [2.24, 2.45) is 0 Å². The second-order valence-electron chi connectivity index (χ2n) is 4.79. The molecule has 124 valence electrons. The molecule has 0 aliphatic rings. The molecular formula is C21H20O3Zn. The van der Waals surface area contributed by atoms with Crippen molar-refractivity contribution in [3.63, 3.8) is 0 Å². The van der Waals surface area contributed by atoms with Crippen LogP contribution in [0, 0.1) is 13.8 Å². The zero-order valence-corrected chi connectivity index (χ0v) is 17.0. The Balaban J connectivity index is 0.000000347. The van der Waals surface area contributed by atoms with Crippen LogP contribution < -0.4 is 0 Å². The third kappa shape index (κ3) is 9.90. The summed E-state index contributed by atoms with van der Waals surface area (Å²) in [7, 11) is 0. The van der Waals surface area contributed by atoms with Gasteiger partial charge in [-0.25, -0.2) is 4.79 Å². The Morgan fingerprint density at radius 2 is 1.04 bits per heavy atom. The van der Waals surface area contributed by atoms with Crippen LogP contribution in [0.5, 0.6) is 5.75 Å². The topological polar surface area (TPSA) is 57.5 Å². The number of hydrogen-bond acceptors (Lipinski definition) is 2. The predicted molar refractivity (Wildman–Crippen MR) is 96.9 cm³/mol. The molecule has 0 atom stereocenters. The van der Waals surface area contributed by atoms with Gasteiger partial charge in [0.1, 0.15) is 11.3 Å². The van der Waals surface area contributed by atoms with Crippen molar-refractivity contribution in [1.82, 2.24) is 0 Å². The number of aromatic hydroxyl groups is 1. The van der Waals surface area contributed by atoms with Gasteiger partial charge in [-0.05, 0) is 12.1 Å². The van der Waals surface area contributed by atoms with E-state index in [2.05, 4.69) is 13.8 Å². The van der Waals surface area contributed by atoms with Gasteiger partial charge in [-0.15, -0.1) is 24.3 Å². The predicted octanol–water partition coefficient (Wildman–Crippen LogP) is 4.83. The van der Waals surface area contributed by atoms with Crippen LogP contribution in [0.4, 0.5) is 0 Å². The summed E-state index contributed by atoms with van der Waals surface area (Å²) in [6.07, 6.45) is 0. The molecule has 4 heteroatoms. The van der Waals surface area contributed by atoms with Gasteiger partial charge >= 0.3 is 25.4 Å². The number of hydrogen-bond donors (Lipinski definition) is 2. The quantitative estimate of drug-likeness (QED) is 0.466. The van der Waals surface area contributed by atoms with E-state index in [0.29, 0.717) is 0 Å². The summed E-state index contributed by atoms with van der Waals surface area (Å²) < 4.78 is 0. The minimum Gasteiger partial charge on any atom is -0.507 e. The van der Waals surface area contributed by atoms with Gasteiger partial charge in [-0.2, -0.15) is 49.2 Å². The number of carboxylic acid groups (broad SMARTS) is 1. The number of benzene rings is 3. The molecule has 0 heterocycles. The zero-order valence-electron chi connectivity index (χ0n) is 14.0. The molecule has 3 nitrogen and oxygen atoms in total. The molecule has 0 saturated heterocycles. The number of phenols is 1. The van der Waals surface area contributed by atoms with Gasteiger partial charge < -0.3 is 10.2 Å². The first kappa shape index (κ1) is 22.3. The smallest absolute Gasteiger partial charge is 0.507 e. The van der Waals surface area contributed by atoms with Crippen LogP contribution in [0.2, 0.25) is 0 Å². The normalized spacial score (nSPS) is 8.48. The van der Waals surface area contributed by atoms with E-state index in [4.69, 9.17) is 10.2 Å². The molecule has 3 rings (SSSR count). The fourth-order valence-electron chi connectivity index (χ4n) is 1.61. The Morgan fingerprint density at radius 3 is 1.28 bits per heavy atom. The number of aromatic carboxylic acids is 1. The largest absolute Gasteiger partial charge is 2.00 e. The molecule has 3 aromatic rings. The van der Waals surface area contributed by atoms with Gasteiger partial charge in [0.25, 0.3) is 0 Å². The van der Waals surface area contributed by atoms with Crippen LogP contribution in [0.25, 0.3) is 0 Å². The third-order valence-corrected chi connectivity index (χ3v) is 2.82. The monoisotopic (exact) mass is 384 g/mol. The van der Waals surface area contributed by atoms with Gasteiger partial charge in [0.05, 0.1) is 0 Å². The van der Waals surface area contributed by atoms with Crippen LogP contribution in [0.3, 0.4) is 0 Å². The second-order valence-corrected chi connectivity index (χ2v) is 4.79. The molecule has 25 heavy (non-hydrogen) atoms. The van der Waals surface area contributed by atoms with Gasteiger partial charge in [0, 0.05) is 0 Å². The van der Waals surface area contributed by atoms with Crippen LogP contribution in [0.1, 0.15) is 21.5 Å². The Labute approximate surface area is 161 Å². The molecule has 0 bridgehead atoms. The molecule has 0 spiro atoms. The molecule has 0 aromatic heterocycles. The van der Waals surface area contributed by atoms with Crippen molar-refractivity contribution in [3.05, 3.63) is 115 Å².